The van der Waals surface area contributed by atoms with Gasteiger partial charge in [0, 0.05) is 13.2 Å². The van der Waals surface area contributed by atoms with Gasteiger partial charge >= 0.3 is 5.97 Å². The highest BCUT2D eigenvalue weighted by atomic mass is 32.1. The SMILES string of the molecule is COCc1cc(C(=O)Nc2ccc(C(=O)O)s2)no1. The van der Waals surface area contributed by atoms with Crippen LogP contribution in [-0.2, 0) is 11.3 Å². The summed E-state index contributed by atoms with van der Waals surface area (Å²) in [4.78, 5) is 22.6. The van der Waals surface area contributed by atoms with Crippen molar-refractivity contribution in [2.45, 2.75) is 6.61 Å². The van der Waals surface area contributed by atoms with Crippen molar-refractivity contribution in [1.29, 1.82) is 0 Å². The summed E-state index contributed by atoms with van der Waals surface area (Å²) < 4.78 is 9.72. The summed E-state index contributed by atoms with van der Waals surface area (Å²) in [6.45, 7) is 0.225. The van der Waals surface area contributed by atoms with E-state index in [0.717, 1.165) is 11.3 Å². The average molecular weight is 282 g/mol. The van der Waals surface area contributed by atoms with Crippen LogP contribution in [-0.4, -0.2) is 29.2 Å². The van der Waals surface area contributed by atoms with Gasteiger partial charge in [-0.25, -0.2) is 4.79 Å². The number of ether oxygens (including phenoxy) is 1. The molecule has 0 bridgehead atoms. The molecule has 2 N–H and O–H groups in total. The Balaban J connectivity index is 2.04. The van der Waals surface area contributed by atoms with Crippen molar-refractivity contribution in [2.24, 2.45) is 0 Å². The number of carboxylic acid groups (broad SMARTS) is 1. The maximum absolute atomic E-state index is 11.8. The van der Waals surface area contributed by atoms with E-state index in [1.54, 1.807) is 0 Å². The number of hydrogen-bond donors (Lipinski definition) is 2. The average Bonchev–Trinajstić information content (AvgIpc) is 2.98. The number of amides is 1. The molecule has 19 heavy (non-hydrogen) atoms. The van der Waals surface area contributed by atoms with Gasteiger partial charge in [0.15, 0.2) is 11.5 Å². The van der Waals surface area contributed by atoms with Gasteiger partial charge in [-0.15, -0.1) is 11.3 Å². The van der Waals surface area contributed by atoms with Gasteiger partial charge in [0.1, 0.15) is 11.5 Å². The number of aromatic nitrogens is 1. The molecule has 0 aromatic carbocycles. The van der Waals surface area contributed by atoms with Gasteiger partial charge in [0.25, 0.3) is 5.91 Å². The summed E-state index contributed by atoms with van der Waals surface area (Å²) in [6.07, 6.45) is 0. The van der Waals surface area contributed by atoms with E-state index in [1.807, 2.05) is 0 Å². The third-order valence-electron chi connectivity index (χ3n) is 2.13. The number of carbonyl (C=O) groups is 2. The molecule has 2 rings (SSSR count). The Kier molecular flexibility index (Phi) is 3.93. The van der Waals surface area contributed by atoms with Crippen molar-refractivity contribution in [1.82, 2.24) is 5.16 Å². The zero-order valence-corrected chi connectivity index (χ0v) is 10.7. The lowest BCUT2D eigenvalue weighted by Gasteiger charge is -1.97. The van der Waals surface area contributed by atoms with Crippen LogP contribution in [0, 0.1) is 0 Å². The molecule has 8 heteroatoms. The molecule has 0 aliphatic heterocycles. The first-order valence-corrected chi connectivity index (χ1v) is 6.01. The van der Waals surface area contributed by atoms with Crippen LogP contribution in [0.5, 0.6) is 0 Å². The molecule has 0 atom stereocenters. The number of carbonyl (C=O) groups excluding carboxylic acids is 1. The number of aromatic carboxylic acids is 1. The van der Waals surface area contributed by atoms with Crippen molar-refractivity contribution in [2.75, 3.05) is 12.4 Å². The van der Waals surface area contributed by atoms with Crippen molar-refractivity contribution >= 4 is 28.2 Å². The third-order valence-corrected chi connectivity index (χ3v) is 3.12. The van der Waals surface area contributed by atoms with Crippen LogP contribution in [0.2, 0.25) is 0 Å². The fourth-order valence-electron chi connectivity index (χ4n) is 1.33. The molecule has 0 aliphatic rings. The van der Waals surface area contributed by atoms with Crippen molar-refractivity contribution < 1.29 is 24.0 Å². The Morgan fingerprint density at radius 2 is 2.32 bits per heavy atom. The summed E-state index contributed by atoms with van der Waals surface area (Å²) in [5.41, 5.74) is 0.109. The van der Waals surface area contributed by atoms with E-state index in [1.165, 1.54) is 25.3 Å². The van der Waals surface area contributed by atoms with E-state index in [2.05, 4.69) is 10.5 Å². The normalized spacial score (nSPS) is 10.4. The standard InChI is InChI=1S/C11H10N2O5S/c1-17-5-6-4-7(13-18-6)10(14)12-9-3-2-8(19-9)11(15)16/h2-4H,5H2,1H3,(H,12,14)(H,15,16). The van der Waals surface area contributed by atoms with E-state index in [-0.39, 0.29) is 17.2 Å². The van der Waals surface area contributed by atoms with Crippen LogP contribution >= 0.6 is 11.3 Å². The minimum absolute atomic E-state index is 0.109. The molecular formula is C11H10N2O5S. The molecule has 0 saturated carbocycles. The molecule has 0 fully saturated rings. The predicted octanol–water partition coefficient (Wildman–Crippen LogP) is 1.83. The van der Waals surface area contributed by atoms with Crippen LogP contribution in [0.25, 0.3) is 0 Å². The summed E-state index contributed by atoms with van der Waals surface area (Å²) >= 11 is 0.966. The molecule has 2 aromatic rings. The molecule has 100 valence electrons. The van der Waals surface area contributed by atoms with Crippen LogP contribution in [0.15, 0.2) is 22.7 Å². The number of anilines is 1. The number of hydrogen-bond acceptors (Lipinski definition) is 6. The first kappa shape index (κ1) is 13.2. The highest BCUT2D eigenvalue weighted by Crippen LogP contribution is 2.22. The van der Waals surface area contributed by atoms with E-state index in [9.17, 15) is 9.59 Å². The lowest BCUT2D eigenvalue weighted by Crippen LogP contribution is -2.11. The molecule has 0 unspecified atom stereocenters. The molecule has 7 nitrogen and oxygen atoms in total. The molecule has 2 aromatic heterocycles. The second-order valence-electron chi connectivity index (χ2n) is 3.53. The van der Waals surface area contributed by atoms with E-state index in [4.69, 9.17) is 14.4 Å². The summed E-state index contributed by atoms with van der Waals surface area (Å²) in [5, 5.41) is 15.3. The Morgan fingerprint density at radius 3 is 2.95 bits per heavy atom. The van der Waals surface area contributed by atoms with Gasteiger partial charge in [-0.3, -0.25) is 4.79 Å². The van der Waals surface area contributed by atoms with Gasteiger partial charge in [0.05, 0.1) is 5.00 Å². The lowest BCUT2D eigenvalue weighted by molar-refractivity contribution is 0.0702. The molecular weight excluding hydrogens is 272 g/mol. The highest BCUT2D eigenvalue weighted by molar-refractivity contribution is 7.18. The first-order valence-electron chi connectivity index (χ1n) is 5.19. The summed E-state index contributed by atoms with van der Waals surface area (Å²) in [5.74, 6) is -1.07. The van der Waals surface area contributed by atoms with Crippen LogP contribution in [0.3, 0.4) is 0 Å². The number of methoxy groups -OCH3 is 1. The number of thiophene rings is 1. The van der Waals surface area contributed by atoms with Crippen molar-refractivity contribution in [3.63, 3.8) is 0 Å². The van der Waals surface area contributed by atoms with Crippen molar-refractivity contribution in [3.8, 4) is 0 Å². The quantitative estimate of drug-likeness (QED) is 0.867. The molecule has 1 amide bonds. The molecule has 0 spiro atoms. The Morgan fingerprint density at radius 1 is 1.53 bits per heavy atom. The second-order valence-corrected chi connectivity index (χ2v) is 4.62. The maximum Gasteiger partial charge on any atom is 0.345 e. The van der Waals surface area contributed by atoms with E-state index >= 15 is 0 Å². The van der Waals surface area contributed by atoms with Gasteiger partial charge in [-0.05, 0) is 12.1 Å². The minimum Gasteiger partial charge on any atom is -0.477 e. The summed E-state index contributed by atoms with van der Waals surface area (Å²) in [7, 11) is 1.50. The van der Waals surface area contributed by atoms with Crippen molar-refractivity contribution in [3.05, 3.63) is 34.5 Å². The monoisotopic (exact) mass is 282 g/mol. The minimum atomic E-state index is -1.03. The molecule has 0 saturated heterocycles. The maximum atomic E-state index is 11.8. The fourth-order valence-corrected chi connectivity index (χ4v) is 2.07. The predicted molar refractivity (Wildman–Crippen MR) is 66.4 cm³/mol. The molecule has 2 heterocycles. The molecule has 0 aliphatic carbocycles. The highest BCUT2D eigenvalue weighted by Gasteiger charge is 2.14. The third kappa shape index (κ3) is 3.18. The fraction of sp³-hybridized carbons (Fsp3) is 0.182. The second kappa shape index (κ2) is 5.63. The lowest BCUT2D eigenvalue weighted by atomic mass is 10.3. The topological polar surface area (TPSA) is 102 Å². The van der Waals surface area contributed by atoms with Gasteiger partial charge < -0.3 is 19.7 Å². The number of nitrogens with one attached hydrogen (secondary N) is 1. The number of rotatable bonds is 5. The largest absolute Gasteiger partial charge is 0.477 e. The van der Waals surface area contributed by atoms with Crippen LogP contribution < -0.4 is 5.32 Å². The number of carboxylic acids is 1. The van der Waals surface area contributed by atoms with Crippen LogP contribution in [0.1, 0.15) is 25.9 Å². The van der Waals surface area contributed by atoms with E-state index < -0.39 is 11.9 Å². The van der Waals surface area contributed by atoms with Gasteiger partial charge in [-0.1, -0.05) is 5.16 Å². The Labute approximate surface area is 111 Å². The smallest absolute Gasteiger partial charge is 0.345 e. The van der Waals surface area contributed by atoms with Gasteiger partial charge in [0.2, 0.25) is 0 Å². The molecule has 0 radical (unpaired) electrons. The zero-order chi connectivity index (χ0) is 13.8. The Bertz CT molecular complexity index is 604. The van der Waals surface area contributed by atoms with E-state index in [0.29, 0.717) is 10.8 Å². The Hall–Kier alpha value is -2.19. The first-order chi connectivity index (χ1) is 9.10. The number of nitrogens with zero attached hydrogens (tertiary/aromatic N) is 1. The summed E-state index contributed by atoms with van der Waals surface area (Å²) in [6, 6.07) is 4.40. The zero-order valence-electron chi connectivity index (χ0n) is 9.87. The van der Waals surface area contributed by atoms with Gasteiger partial charge in [-0.2, -0.15) is 0 Å². The van der Waals surface area contributed by atoms with Crippen LogP contribution in [0.4, 0.5) is 5.00 Å².